The summed E-state index contributed by atoms with van der Waals surface area (Å²) in [5.41, 5.74) is 0.380. The number of halogens is 1. The van der Waals surface area contributed by atoms with Crippen molar-refractivity contribution in [1.82, 2.24) is 4.90 Å². The van der Waals surface area contributed by atoms with Crippen molar-refractivity contribution >= 4 is 15.9 Å². The Kier molecular flexibility index (Phi) is 6.95. The van der Waals surface area contributed by atoms with E-state index in [0.717, 1.165) is 51.1 Å². The summed E-state index contributed by atoms with van der Waals surface area (Å²) in [5, 5.41) is 0. The second-order valence-electron chi connectivity index (χ2n) is 9.05. The topological polar surface area (TPSA) is 72.9 Å². The minimum atomic E-state index is -3.57. The first-order valence-corrected chi connectivity index (χ1v) is 12.6. The maximum Gasteiger partial charge on any atom is 0.410 e. The summed E-state index contributed by atoms with van der Waals surface area (Å²) in [7, 11) is -3.57. The zero-order valence-corrected chi connectivity index (χ0v) is 18.8. The van der Waals surface area contributed by atoms with Gasteiger partial charge in [-0.15, -0.1) is 0 Å². The summed E-state index contributed by atoms with van der Waals surface area (Å²) < 4.78 is 47.7. The zero-order chi connectivity index (χ0) is 21.9. The van der Waals surface area contributed by atoms with Crippen LogP contribution in [0.3, 0.4) is 0 Å². The first kappa shape index (κ1) is 22.8. The number of sulfone groups is 1. The maximum atomic E-state index is 13.9. The molecule has 1 aliphatic carbocycles. The van der Waals surface area contributed by atoms with Crippen molar-refractivity contribution in [3.63, 3.8) is 0 Å². The number of rotatable bonds is 7. The third-order valence-electron chi connectivity index (χ3n) is 6.19. The number of likely N-dealkylation sites (tertiary alicyclic amines) is 1. The van der Waals surface area contributed by atoms with E-state index in [2.05, 4.69) is 0 Å². The van der Waals surface area contributed by atoms with Crippen LogP contribution >= 0.6 is 0 Å². The van der Waals surface area contributed by atoms with Crippen LogP contribution in [0.15, 0.2) is 23.1 Å². The number of carbonyl (C=O) groups excluding carboxylic acids is 1. The van der Waals surface area contributed by atoms with Crippen molar-refractivity contribution in [2.75, 3.05) is 26.0 Å². The summed E-state index contributed by atoms with van der Waals surface area (Å²) in [6.07, 6.45) is 7.10. The molecule has 0 bridgehead atoms. The molecule has 1 heterocycles. The van der Waals surface area contributed by atoms with Crippen molar-refractivity contribution < 1.29 is 27.1 Å². The van der Waals surface area contributed by atoms with Gasteiger partial charge in [0.15, 0.2) is 9.84 Å². The number of hydrogen-bond acceptors (Lipinski definition) is 5. The van der Waals surface area contributed by atoms with Gasteiger partial charge in [-0.2, -0.15) is 0 Å². The highest BCUT2D eigenvalue weighted by molar-refractivity contribution is 7.90. The minimum Gasteiger partial charge on any atom is -0.493 e. The molecule has 3 rings (SSSR count). The first-order chi connectivity index (χ1) is 14.1. The summed E-state index contributed by atoms with van der Waals surface area (Å²) in [5.74, 6) is 0.248. The molecule has 0 radical (unpaired) electrons. The summed E-state index contributed by atoms with van der Waals surface area (Å²) in [6.45, 7) is 5.76. The van der Waals surface area contributed by atoms with Crippen LogP contribution in [0.2, 0.25) is 0 Å². The molecule has 1 aromatic rings. The van der Waals surface area contributed by atoms with Crippen LogP contribution in [0, 0.1) is 17.2 Å². The summed E-state index contributed by atoms with van der Waals surface area (Å²) in [4.78, 5) is 13.5. The molecule has 1 saturated heterocycles. The lowest BCUT2D eigenvalue weighted by molar-refractivity contribution is -0.0203. The van der Waals surface area contributed by atoms with Gasteiger partial charge in [-0.05, 0) is 75.8 Å². The first-order valence-electron chi connectivity index (χ1n) is 10.7. The van der Waals surface area contributed by atoms with Crippen LogP contribution in [0.1, 0.15) is 52.4 Å². The summed E-state index contributed by atoms with van der Waals surface area (Å²) in [6, 6.07) is 3.88. The molecule has 30 heavy (non-hydrogen) atoms. The highest BCUT2D eigenvalue weighted by atomic mass is 32.2. The number of ether oxygens (including phenoxy) is 2. The number of benzene rings is 1. The van der Waals surface area contributed by atoms with Gasteiger partial charge in [0.1, 0.15) is 16.5 Å². The average molecular weight is 442 g/mol. The van der Waals surface area contributed by atoms with Crippen LogP contribution in [0.25, 0.3) is 0 Å². The van der Waals surface area contributed by atoms with Crippen LogP contribution in [0.4, 0.5) is 9.18 Å². The fourth-order valence-electron chi connectivity index (χ4n) is 4.65. The Labute approximate surface area is 178 Å². The molecule has 2 fully saturated rings. The Morgan fingerprint density at radius 3 is 2.50 bits per heavy atom. The quantitative estimate of drug-likeness (QED) is 0.586. The molecule has 2 aliphatic rings. The van der Waals surface area contributed by atoms with Gasteiger partial charge < -0.3 is 14.4 Å². The monoisotopic (exact) mass is 441 g/mol. The molecule has 0 aromatic heterocycles. The van der Waals surface area contributed by atoms with E-state index in [1.165, 1.54) is 25.0 Å². The largest absolute Gasteiger partial charge is 0.493 e. The van der Waals surface area contributed by atoms with E-state index in [1.54, 1.807) is 0 Å². The highest BCUT2D eigenvalue weighted by Gasteiger charge is 2.46. The van der Waals surface area contributed by atoms with Gasteiger partial charge in [-0.25, -0.2) is 17.6 Å². The number of hydrogen-bond donors (Lipinski definition) is 0. The Bertz CT molecular complexity index is 854. The van der Waals surface area contributed by atoms with Crippen LogP contribution in [-0.4, -0.2) is 51.5 Å². The maximum absolute atomic E-state index is 13.9. The van der Waals surface area contributed by atoms with Gasteiger partial charge in [0, 0.05) is 25.4 Å². The standard InChI is InChI=1S/C22H32FNO5S/c1-16(2)29-21(25)24-10-8-22(9-11-24)14-17(15-22)5-4-12-28-18-6-7-20(19(23)13-18)30(3,26)27/h6-7,13,16-17H,4-5,8-12,14-15H2,1-3H3. The van der Waals surface area contributed by atoms with Gasteiger partial charge in [-0.1, -0.05) is 0 Å². The Morgan fingerprint density at radius 2 is 1.93 bits per heavy atom. The summed E-state index contributed by atoms with van der Waals surface area (Å²) >= 11 is 0. The van der Waals surface area contributed by atoms with Gasteiger partial charge >= 0.3 is 6.09 Å². The number of amides is 1. The lowest BCUT2D eigenvalue weighted by atomic mass is 9.56. The predicted molar refractivity (Wildman–Crippen MR) is 112 cm³/mol. The van der Waals surface area contributed by atoms with E-state index in [0.29, 0.717) is 23.7 Å². The number of nitrogens with zero attached hydrogens (tertiary/aromatic N) is 1. The minimum absolute atomic E-state index is 0.0854. The van der Waals surface area contributed by atoms with Gasteiger partial charge in [0.2, 0.25) is 0 Å². The molecular formula is C22H32FNO5S. The van der Waals surface area contributed by atoms with E-state index in [4.69, 9.17) is 9.47 Å². The van der Waals surface area contributed by atoms with E-state index in [-0.39, 0.29) is 17.1 Å². The van der Waals surface area contributed by atoms with Crippen molar-refractivity contribution in [3.05, 3.63) is 24.0 Å². The number of carbonyl (C=O) groups is 1. The van der Waals surface area contributed by atoms with E-state index in [1.807, 2.05) is 18.7 Å². The second kappa shape index (κ2) is 9.12. The second-order valence-corrected chi connectivity index (χ2v) is 11.0. The lowest BCUT2D eigenvalue weighted by Gasteiger charge is -2.52. The van der Waals surface area contributed by atoms with E-state index < -0.39 is 15.7 Å². The fourth-order valence-corrected chi connectivity index (χ4v) is 5.38. The average Bonchev–Trinajstić information content (AvgIpc) is 2.62. The van der Waals surface area contributed by atoms with E-state index in [9.17, 15) is 17.6 Å². The third-order valence-corrected chi connectivity index (χ3v) is 7.32. The van der Waals surface area contributed by atoms with Crippen LogP contribution in [0.5, 0.6) is 5.75 Å². The molecule has 1 spiro atoms. The SMILES string of the molecule is CC(C)OC(=O)N1CCC2(CC1)CC(CCCOc1ccc(S(C)(=O)=O)c(F)c1)C2. The predicted octanol–water partition coefficient (Wildman–Crippen LogP) is 4.43. The molecule has 0 N–H and O–H groups in total. The van der Waals surface area contributed by atoms with Crippen LogP contribution in [-0.2, 0) is 14.6 Å². The van der Waals surface area contributed by atoms with Crippen molar-refractivity contribution in [3.8, 4) is 5.75 Å². The van der Waals surface area contributed by atoms with Crippen molar-refractivity contribution in [2.24, 2.45) is 11.3 Å². The zero-order valence-electron chi connectivity index (χ0n) is 18.0. The molecule has 1 aliphatic heterocycles. The molecule has 6 nitrogen and oxygen atoms in total. The molecule has 8 heteroatoms. The fraction of sp³-hybridized carbons (Fsp3) is 0.682. The molecule has 168 valence electrons. The molecule has 0 atom stereocenters. The van der Waals surface area contributed by atoms with Gasteiger partial charge in [-0.3, -0.25) is 0 Å². The normalized spacial score (nSPS) is 19.0. The van der Waals surface area contributed by atoms with Crippen molar-refractivity contribution in [2.45, 2.75) is 63.4 Å². The smallest absolute Gasteiger partial charge is 0.410 e. The molecular weight excluding hydrogens is 409 g/mol. The Balaban J connectivity index is 1.34. The molecule has 0 unspecified atom stereocenters. The molecule has 1 saturated carbocycles. The molecule has 1 amide bonds. The molecule has 1 aromatic carbocycles. The highest BCUT2D eigenvalue weighted by Crippen LogP contribution is 2.54. The van der Waals surface area contributed by atoms with Gasteiger partial charge in [0.05, 0.1) is 12.7 Å². The van der Waals surface area contributed by atoms with Crippen molar-refractivity contribution in [1.29, 1.82) is 0 Å². The number of piperidine rings is 1. The Morgan fingerprint density at radius 1 is 1.27 bits per heavy atom. The van der Waals surface area contributed by atoms with Gasteiger partial charge in [0.25, 0.3) is 0 Å². The third kappa shape index (κ3) is 5.65. The Hall–Kier alpha value is -1.83. The lowest BCUT2D eigenvalue weighted by Crippen LogP contribution is -2.49. The van der Waals surface area contributed by atoms with E-state index >= 15 is 0 Å². The van der Waals surface area contributed by atoms with Crippen LogP contribution < -0.4 is 4.74 Å².